The molecule has 0 saturated carbocycles. The number of carboxylic acid groups (broad SMARTS) is 1. The number of likely N-dealkylation sites (tertiary alicyclic amines) is 1. The summed E-state index contributed by atoms with van der Waals surface area (Å²) in [5.41, 5.74) is -0.410. The number of benzene rings is 1. The summed E-state index contributed by atoms with van der Waals surface area (Å²) in [6.07, 6.45) is 0.461. The molecule has 1 aliphatic rings. The third-order valence-electron chi connectivity index (χ3n) is 3.96. The van der Waals surface area contributed by atoms with E-state index >= 15 is 0 Å². The molecule has 130 valence electrons. The van der Waals surface area contributed by atoms with Crippen LogP contribution in [0, 0.1) is 11.6 Å². The lowest BCUT2D eigenvalue weighted by Gasteiger charge is -2.25. The molecule has 1 aromatic rings. The van der Waals surface area contributed by atoms with Crippen LogP contribution in [-0.2, 0) is 14.4 Å². The van der Waals surface area contributed by atoms with Gasteiger partial charge in [-0.2, -0.15) is 0 Å². The van der Waals surface area contributed by atoms with Crippen molar-refractivity contribution in [2.24, 2.45) is 0 Å². The van der Waals surface area contributed by atoms with E-state index < -0.39 is 53.5 Å². The zero-order valence-corrected chi connectivity index (χ0v) is 13.1. The van der Waals surface area contributed by atoms with Crippen LogP contribution in [0.4, 0.5) is 8.78 Å². The molecule has 1 saturated heterocycles. The molecular weight excluding hydrogens is 322 g/mol. The van der Waals surface area contributed by atoms with Crippen LogP contribution in [0.15, 0.2) is 18.2 Å². The molecule has 2 amide bonds. The number of hydrogen-bond acceptors (Lipinski definition) is 3. The molecular formula is C16H18F2N2O4. The normalized spacial score (nSPS) is 18.3. The highest BCUT2D eigenvalue weighted by molar-refractivity contribution is 5.85. The minimum absolute atomic E-state index is 0.266. The van der Waals surface area contributed by atoms with Gasteiger partial charge in [-0.3, -0.25) is 9.59 Å². The maximum Gasteiger partial charge on any atom is 0.326 e. The number of carboxylic acids is 1. The molecule has 1 aliphatic heterocycles. The fourth-order valence-corrected chi connectivity index (χ4v) is 2.93. The number of aliphatic carboxylic acids is 1. The van der Waals surface area contributed by atoms with Crippen LogP contribution in [0.3, 0.4) is 0 Å². The summed E-state index contributed by atoms with van der Waals surface area (Å²) in [6.45, 7) is 1.44. The van der Waals surface area contributed by atoms with Crippen LogP contribution in [0.2, 0.25) is 0 Å². The van der Waals surface area contributed by atoms with E-state index in [-0.39, 0.29) is 6.54 Å². The lowest BCUT2D eigenvalue weighted by atomic mass is 10.0. The van der Waals surface area contributed by atoms with Gasteiger partial charge in [0.15, 0.2) is 0 Å². The Morgan fingerprint density at radius 1 is 1.33 bits per heavy atom. The van der Waals surface area contributed by atoms with Crippen LogP contribution < -0.4 is 5.32 Å². The first-order chi connectivity index (χ1) is 11.3. The van der Waals surface area contributed by atoms with Crippen molar-refractivity contribution in [3.63, 3.8) is 0 Å². The van der Waals surface area contributed by atoms with Crippen molar-refractivity contribution in [1.29, 1.82) is 0 Å². The Morgan fingerprint density at radius 3 is 2.50 bits per heavy atom. The zero-order chi connectivity index (χ0) is 17.9. The van der Waals surface area contributed by atoms with E-state index in [1.165, 1.54) is 17.9 Å². The van der Waals surface area contributed by atoms with Crippen LogP contribution in [0.5, 0.6) is 0 Å². The van der Waals surface area contributed by atoms with Gasteiger partial charge in [0, 0.05) is 19.0 Å². The number of halogens is 2. The summed E-state index contributed by atoms with van der Waals surface area (Å²) in [5.74, 6) is -3.99. The molecule has 1 heterocycles. The molecule has 0 radical (unpaired) electrons. The second-order valence-corrected chi connectivity index (χ2v) is 5.68. The lowest BCUT2D eigenvalue weighted by Crippen LogP contribution is -2.42. The van der Waals surface area contributed by atoms with E-state index in [0.717, 1.165) is 12.1 Å². The molecule has 1 unspecified atom stereocenters. The molecule has 6 nitrogen and oxygen atoms in total. The number of nitrogens with zero attached hydrogens (tertiary/aromatic N) is 1. The van der Waals surface area contributed by atoms with Gasteiger partial charge in [-0.15, -0.1) is 0 Å². The number of carbonyl (C=O) groups excluding carboxylic acids is 2. The van der Waals surface area contributed by atoms with Gasteiger partial charge in [-0.05, 0) is 25.0 Å². The van der Waals surface area contributed by atoms with Gasteiger partial charge in [0.25, 0.3) is 0 Å². The molecule has 8 heteroatoms. The van der Waals surface area contributed by atoms with E-state index in [0.29, 0.717) is 12.8 Å². The van der Waals surface area contributed by atoms with Crippen LogP contribution >= 0.6 is 0 Å². The summed E-state index contributed by atoms with van der Waals surface area (Å²) in [6, 6.07) is 1.11. The van der Waals surface area contributed by atoms with Gasteiger partial charge in [0.05, 0.1) is 12.5 Å². The number of hydrogen-bond donors (Lipinski definition) is 2. The number of nitrogens with one attached hydrogen (secondary N) is 1. The van der Waals surface area contributed by atoms with Gasteiger partial charge < -0.3 is 15.3 Å². The standard InChI is InChI=1S/C16H18F2N2O4/c1-9(21)19-12(15-10(17)4-2-5-11(15)18)8-14(22)20-7-3-6-13(20)16(23)24/h2,4-5,12-13H,3,6-8H2,1H3,(H,19,21)(H,23,24)/t12?,13-/m1/s1. The predicted molar refractivity (Wildman–Crippen MR) is 79.9 cm³/mol. The van der Waals surface area contributed by atoms with E-state index in [2.05, 4.69) is 5.32 Å². The average Bonchev–Trinajstić information content (AvgIpc) is 2.95. The molecule has 24 heavy (non-hydrogen) atoms. The minimum Gasteiger partial charge on any atom is -0.480 e. The second kappa shape index (κ2) is 7.37. The molecule has 2 N–H and O–H groups in total. The third-order valence-corrected chi connectivity index (χ3v) is 3.96. The lowest BCUT2D eigenvalue weighted by molar-refractivity contribution is -0.148. The zero-order valence-electron chi connectivity index (χ0n) is 13.1. The van der Waals surface area contributed by atoms with E-state index in [9.17, 15) is 23.2 Å². The van der Waals surface area contributed by atoms with Crippen molar-refractivity contribution in [3.8, 4) is 0 Å². The van der Waals surface area contributed by atoms with Crippen molar-refractivity contribution in [3.05, 3.63) is 35.4 Å². The second-order valence-electron chi connectivity index (χ2n) is 5.68. The number of rotatable bonds is 5. The highest BCUT2D eigenvalue weighted by atomic mass is 19.1. The van der Waals surface area contributed by atoms with E-state index in [1.807, 2.05) is 0 Å². The SMILES string of the molecule is CC(=O)NC(CC(=O)N1CCC[C@@H]1C(=O)O)c1c(F)cccc1F. The molecule has 0 bridgehead atoms. The summed E-state index contributed by atoms with van der Waals surface area (Å²) in [7, 11) is 0. The molecule has 0 spiro atoms. The third kappa shape index (κ3) is 3.87. The molecule has 0 aliphatic carbocycles. The Bertz CT molecular complexity index is 645. The van der Waals surface area contributed by atoms with Crippen molar-refractivity contribution >= 4 is 17.8 Å². The van der Waals surface area contributed by atoms with E-state index in [4.69, 9.17) is 5.11 Å². The van der Waals surface area contributed by atoms with Crippen molar-refractivity contribution in [1.82, 2.24) is 10.2 Å². The van der Waals surface area contributed by atoms with Crippen molar-refractivity contribution in [2.75, 3.05) is 6.54 Å². The van der Waals surface area contributed by atoms with Crippen LogP contribution in [0.25, 0.3) is 0 Å². The first kappa shape index (κ1) is 17.8. The maximum atomic E-state index is 14.0. The highest BCUT2D eigenvalue weighted by Crippen LogP contribution is 2.26. The quantitative estimate of drug-likeness (QED) is 0.852. The maximum absolute atomic E-state index is 14.0. The summed E-state index contributed by atoms with van der Waals surface area (Å²) in [5, 5.41) is 11.5. The van der Waals surface area contributed by atoms with Crippen LogP contribution in [-0.4, -0.2) is 40.4 Å². The fourth-order valence-electron chi connectivity index (χ4n) is 2.93. The summed E-state index contributed by atoms with van der Waals surface area (Å²) < 4.78 is 27.9. The molecule has 0 aromatic heterocycles. The minimum atomic E-state index is -1.20. The van der Waals surface area contributed by atoms with Gasteiger partial charge in [-0.1, -0.05) is 6.07 Å². The Labute approximate surface area is 137 Å². The first-order valence-corrected chi connectivity index (χ1v) is 7.54. The molecule has 1 aromatic carbocycles. The summed E-state index contributed by atoms with van der Waals surface area (Å²) >= 11 is 0. The molecule has 2 rings (SSSR count). The van der Waals surface area contributed by atoms with Crippen LogP contribution in [0.1, 0.15) is 37.8 Å². The van der Waals surface area contributed by atoms with Gasteiger partial charge in [0.2, 0.25) is 11.8 Å². The average molecular weight is 340 g/mol. The number of carbonyl (C=O) groups is 3. The van der Waals surface area contributed by atoms with Gasteiger partial charge in [-0.25, -0.2) is 13.6 Å². The monoisotopic (exact) mass is 340 g/mol. The predicted octanol–water partition coefficient (Wildman–Crippen LogP) is 1.61. The van der Waals surface area contributed by atoms with Gasteiger partial charge in [0.1, 0.15) is 17.7 Å². The topological polar surface area (TPSA) is 86.7 Å². The molecule has 2 atom stereocenters. The molecule has 1 fully saturated rings. The Hall–Kier alpha value is -2.51. The Balaban J connectivity index is 2.25. The van der Waals surface area contributed by atoms with Gasteiger partial charge >= 0.3 is 5.97 Å². The Morgan fingerprint density at radius 2 is 1.96 bits per heavy atom. The number of amides is 2. The fraction of sp³-hybridized carbons (Fsp3) is 0.438. The first-order valence-electron chi connectivity index (χ1n) is 7.54. The van der Waals surface area contributed by atoms with Crippen molar-refractivity contribution < 1.29 is 28.3 Å². The highest BCUT2D eigenvalue weighted by Gasteiger charge is 2.35. The summed E-state index contributed by atoms with van der Waals surface area (Å²) in [4.78, 5) is 36.1. The Kier molecular flexibility index (Phi) is 5.48. The van der Waals surface area contributed by atoms with E-state index in [1.54, 1.807) is 0 Å². The van der Waals surface area contributed by atoms with Crippen molar-refractivity contribution in [2.45, 2.75) is 38.3 Å². The smallest absolute Gasteiger partial charge is 0.326 e. The largest absolute Gasteiger partial charge is 0.480 e.